The van der Waals surface area contributed by atoms with Crippen LogP contribution in [0.1, 0.15) is 46.5 Å². The average molecular weight is 396 g/mol. The molecule has 0 saturated heterocycles. The van der Waals surface area contributed by atoms with Gasteiger partial charge in [0.2, 0.25) is 0 Å². The molecule has 0 saturated carbocycles. The molecule has 2 N–H and O–H groups in total. The van der Waals surface area contributed by atoms with E-state index in [-0.39, 0.29) is 12.0 Å². The number of nitrogens with one attached hydrogen (secondary N) is 2. The summed E-state index contributed by atoms with van der Waals surface area (Å²) in [5.74, 6) is 0.941. The number of aromatic amines is 1. The average Bonchev–Trinajstić information content (AvgIpc) is 3.27. The minimum Gasteiger partial charge on any atom is -0.491 e. The molecular weight excluding hydrogens is 372 g/mol. The van der Waals surface area contributed by atoms with E-state index in [0.29, 0.717) is 6.54 Å². The molecule has 6 rings (SSSR count). The van der Waals surface area contributed by atoms with Crippen molar-refractivity contribution in [3.63, 3.8) is 0 Å². The number of amides is 1. The van der Waals surface area contributed by atoms with E-state index in [1.165, 1.54) is 33.0 Å². The molecule has 0 atom stereocenters. The maximum absolute atomic E-state index is 13.0. The lowest BCUT2D eigenvalue weighted by Gasteiger charge is -2.24. The Morgan fingerprint density at radius 1 is 1.00 bits per heavy atom. The van der Waals surface area contributed by atoms with Crippen molar-refractivity contribution < 1.29 is 9.53 Å². The molecule has 1 aliphatic carbocycles. The summed E-state index contributed by atoms with van der Waals surface area (Å²) in [6.45, 7) is 6.79. The Hall–Kier alpha value is -3.27. The molecule has 1 amide bonds. The molecule has 0 bridgehead atoms. The second-order valence-corrected chi connectivity index (χ2v) is 8.80. The minimum absolute atomic E-state index is 0.0421. The first-order valence-corrected chi connectivity index (χ1v) is 10.7. The van der Waals surface area contributed by atoms with Crippen LogP contribution >= 0.6 is 0 Å². The van der Waals surface area contributed by atoms with E-state index in [4.69, 9.17) is 4.74 Å². The van der Waals surface area contributed by atoms with Crippen LogP contribution in [0, 0.1) is 6.92 Å². The van der Waals surface area contributed by atoms with Gasteiger partial charge in [-0.1, -0.05) is 17.7 Å². The molecule has 2 aliphatic rings. The smallest absolute Gasteiger partial charge is 0.252 e. The van der Waals surface area contributed by atoms with E-state index >= 15 is 0 Å². The molecule has 0 radical (unpaired) electrons. The fraction of sp³-hybridized carbons (Fsp3) is 0.269. The summed E-state index contributed by atoms with van der Waals surface area (Å²) in [4.78, 5) is 16.7. The number of fused-ring (bicyclic) bond motifs is 10. The van der Waals surface area contributed by atoms with Crippen molar-refractivity contribution in [2.24, 2.45) is 0 Å². The lowest BCUT2D eigenvalue weighted by atomic mass is 9.80. The van der Waals surface area contributed by atoms with Crippen molar-refractivity contribution in [1.29, 1.82) is 0 Å². The van der Waals surface area contributed by atoms with Gasteiger partial charge in [-0.05, 0) is 80.1 Å². The van der Waals surface area contributed by atoms with E-state index < -0.39 is 0 Å². The van der Waals surface area contributed by atoms with Gasteiger partial charge in [0.05, 0.1) is 17.2 Å². The fourth-order valence-corrected chi connectivity index (χ4v) is 5.25. The summed E-state index contributed by atoms with van der Waals surface area (Å²) in [6, 6.07) is 12.8. The van der Waals surface area contributed by atoms with Crippen LogP contribution in [-0.2, 0) is 19.4 Å². The summed E-state index contributed by atoms with van der Waals surface area (Å²) < 4.78 is 5.92. The Balaban J connectivity index is 1.69. The largest absolute Gasteiger partial charge is 0.491 e. The third kappa shape index (κ3) is 2.37. The van der Waals surface area contributed by atoms with Crippen molar-refractivity contribution in [2.75, 3.05) is 0 Å². The molecule has 1 aromatic heterocycles. The summed E-state index contributed by atoms with van der Waals surface area (Å²) in [6.07, 6.45) is 2.00. The van der Waals surface area contributed by atoms with Crippen molar-refractivity contribution in [2.45, 2.75) is 46.3 Å². The molecule has 4 aromatic rings. The normalized spacial score (nSPS) is 14.7. The summed E-state index contributed by atoms with van der Waals surface area (Å²) in [7, 11) is 0. The second-order valence-electron chi connectivity index (χ2n) is 8.80. The Morgan fingerprint density at radius 2 is 1.87 bits per heavy atom. The standard InChI is InChI=1S/C26H24N2O2/c1-13(2)30-16-6-8-17-15(11-16)5-7-18-22(17)24-20(12-27-26(24)29)23-19-10-14(3)4-9-21(19)28-25(18)23/h4,6,8-11,13,28H,5,7,12H2,1-3H3,(H,27,29). The van der Waals surface area contributed by atoms with Crippen molar-refractivity contribution >= 4 is 27.7 Å². The summed E-state index contributed by atoms with van der Waals surface area (Å²) in [5.41, 5.74) is 10.3. The predicted octanol–water partition coefficient (Wildman–Crippen LogP) is 5.43. The monoisotopic (exact) mass is 396 g/mol. The van der Waals surface area contributed by atoms with Crippen LogP contribution in [0.25, 0.3) is 32.9 Å². The van der Waals surface area contributed by atoms with Crippen LogP contribution < -0.4 is 10.1 Å². The maximum atomic E-state index is 13.0. The highest BCUT2D eigenvalue weighted by Crippen LogP contribution is 2.46. The summed E-state index contributed by atoms with van der Waals surface area (Å²) >= 11 is 0. The van der Waals surface area contributed by atoms with Gasteiger partial charge in [0.15, 0.2) is 0 Å². The number of hydrogen-bond donors (Lipinski definition) is 2. The van der Waals surface area contributed by atoms with Crippen molar-refractivity contribution in [3.8, 4) is 16.9 Å². The van der Waals surface area contributed by atoms with Crippen molar-refractivity contribution in [3.05, 3.63) is 64.2 Å². The highest BCUT2D eigenvalue weighted by atomic mass is 16.5. The second kappa shape index (κ2) is 6.11. The lowest BCUT2D eigenvalue weighted by Crippen LogP contribution is -2.15. The van der Waals surface area contributed by atoms with E-state index in [9.17, 15) is 4.79 Å². The number of carbonyl (C=O) groups is 1. The third-order valence-electron chi connectivity index (χ3n) is 6.43. The van der Waals surface area contributed by atoms with E-state index in [2.05, 4.69) is 47.6 Å². The molecule has 30 heavy (non-hydrogen) atoms. The quantitative estimate of drug-likeness (QED) is 0.475. The van der Waals surface area contributed by atoms with Gasteiger partial charge < -0.3 is 15.0 Å². The number of H-pyrrole nitrogens is 1. The first-order valence-electron chi connectivity index (χ1n) is 10.7. The Kier molecular flexibility index (Phi) is 3.58. The maximum Gasteiger partial charge on any atom is 0.252 e. The highest BCUT2D eigenvalue weighted by Gasteiger charge is 2.33. The van der Waals surface area contributed by atoms with Gasteiger partial charge >= 0.3 is 0 Å². The number of hydrogen-bond acceptors (Lipinski definition) is 2. The van der Waals surface area contributed by atoms with E-state index in [1.54, 1.807) is 0 Å². The molecular formula is C26H24N2O2. The van der Waals surface area contributed by atoms with Gasteiger partial charge in [-0.15, -0.1) is 0 Å². The number of ether oxygens (including phenoxy) is 1. The van der Waals surface area contributed by atoms with E-state index in [1.807, 2.05) is 19.9 Å². The van der Waals surface area contributed by atoms with Crippen LogP contribution in [0.2, 0.25) is 0 Å². The number of benzene rings is 3. The minimum atomic E-state index is 0.0421. The van der Waals surface area contributed by atoms with Gasteiger partial charge in [-0.3, -0.25) is 4.79 Å². The zero-order chi connectivity index (χ0) is 20.6. The number of aryl methyl sites for hydroxylation is 3. The lowest BCUT2D eigenvalue weighted by molar-refractivity contribution is 0.0966. The number of carbonyl (C=O) groups excluding carboxylic acids is 1. The SMILES string of the molecule is Cc1ccc2[nH]c3c4c(c5c(c3c2c1)CNC5=O)-c1ccc(OC(C)C)cc1CC4. The Labute approximate surface area is 175 Å². The van der Waals surface area contributed by atoms with Crippen LogP contribution in [0.5, 0.6) is 5.75 Å². The first kappa shape index (κ1) is 17.6. The predicted molar refractivity (Wildman–Crippen MR) is 120 cm³/mol. The van der Waals surface area contributed by atoms with Crippen molar-refractivity contribution in [1.82, 2.24) is 10.3 Å². The molecule has 3 aromatic carbocycles. The molecule has 4 heteroatoms. The molecule has 1 aliphatic heterocycles. The van der Waals surface area contributed by atoms with Crippen LogP contribution in [-0.4, -0.2) is 17.0 Å². The highest BCUT2D eigenvalue weighted by molar-refractivity contribution is 6.19. The molecule has 150 valence electrons. The fourth-order valence-electron chi connectivity index (χ4n) is 5.25. The topological polar surface area (TPSA) is 54.1 Å². The molecule has 0 spiro atoms. The van der Waals surface area contributed by atoms with Gasteiger partial charge in [0, 0.05) is 28.4 Å². The molecule has 4 nitrogen and oxygen atoms in total. The Morgan fingerprint density at radius 3 is 2.70 bits per heavy atom. The Bertz CT molecular complexity index is 1380. The first-order chi connectivity index (χ1) is 14.5. The number of rotatable bonds is 2. The van der Waals surface area contributed by atoms with Crippen LogP contribution in [0.3, 0.4) is 0 Å². The van der Waals surface area contributed by atoms with Gasteiger partial charge in [0.1, 0.15) is 5.75 Å². The zero-order valence-corrected chi connectivity index (χ0v) is 17.5. The van der Waals surface area contributed by atoms with Crippen LogP contribution in [0.4, 0.5) is 0 Å². The van der Waals surface area contributed by atoms with Gasteiger partial charge in [-0.2, -0.15) is 0 Å². The summed E-state index contributed by atoms with van der Waals surface area (Å²) in [5, 5.41) is 5.51. The van der Waals surface area contributed by atoms with E-state index in [0.717, 1.165) is 46.4 Å². The molecule has 0 fully saturated rings. The molecule has 0 unspecified atom stereocenters. The third-order valence-corrected chi connectivity index (χ3v) is 6.43. The molecule has 2 heterocycles. The van der Waals surface area contributed by atoms with Gasteiger partial charge in [-0.25, -0.2) is 0 Å². The number of aromatic nitrogens is 1. The zero-order valence-electron chi connectivity index (χ0n) is 17.5. The van der Waals surface area contributed by atoms with Crippen LogP contribution in [0.15, 0.2) is 36.4 Å². The van der Waals surface area contributed by atoms with Gasteiger partial charge in [0.25, 0.3) is 5.91 Å².